The lowest BCUT2D eigenvalue weighted by Gasteiger charge is -2.46. The number of likely N-dealkylation sites (N-methyl/N-ethyl adjacent to an activating group) is 1. The zero-order valence-electron chi connectivity index (χ0n) is 13.4. The summed E-state index contributed by atoms with van der Waals surface area (Å²) in [6, 6.07) is 8.61. The van der Waals surface area contributed by atoms with Crippen LogP contribution in [0.4, 0.5) is 0 Å². The topological polar surface area (TPSA) is 24.5 Å². The van der Waals surface area contributed by atoms with Gasteiger partial charge in [-0.15, -0.1) is 0 Å². The largest absolute Gasteiger partial charge is 0.379 e. The van der Waals surface area contributed by atoms with Crippen LogP contribution in [0.3, 0.4) is 0 Å². The van der Waals surface area contributed by atoms with Crippen molar-refractivity contribution in [3.05, 3.63) is 34.9 Å². The molecule has 1 aromatic carbocycles. The summed E-state index contributed by atoms with van der Waals surface area (Å²) in [5.74, 6) is 0. The van der Waals surface area contributed by atoms with Gasteiger partial charge in [0, 0.05) is 29.7 Å². The number of ether oxygens (including phenoxy) is 1. The normalized spacial score (nSPS) is 18.7. The van der Waals surface area contributed by atoms with Crippen molar-refractivity contribution in [2.24, 2.45) is 0 Å². The Labute approximate surface area is 133 Å². The maximum Gasteiger partial charge on any atom is 0.0594 e. The molecule has 1 saturated heterocycles. The van der Waals surface area contributed by atoms with Crippen LogP contribution in [0.5, 0.6) is 0 Å². The Morgan fingerprint density at radius 1 is 1.24 bits per heavy atom. The third-order valence-corrected chi connectivity index (χ3v) is 4.73. The molecule has 0 radical (unpaired) electrons. The van der Waals surface area contributed by atoms with E-state index in [0.717, 1.165) is 44.3 Å². The number of morpholine rings is 1. The predicted molar refractivity (Wildman–Crippen MR) is 89.1 cm³/mol. The molecule has 1 aliphatic rings. The third kappa shape index (κ3) is 4.43. The van der Waals surface area contributed by atoms with E-state index < -0.39 is 0 Å². The van der Waals surface area contributed by atoms with Gasteiger partial charge in [-0.25, -0.2) is 0 Å². The first-order valence-electron chi connectivity index (χ1n) is 7.84. The van der Waals surface area contributed by atoms with Gasteiger partial charge in [0.25, 0.3) is 0 Å². The highest BCUT2D eigenvalue weighted by atomic mass is 35.5. The molecule has 0 amide bonds. The van der Waals surface area contributed by atoms with Gasteiger partial charge in [0.1, 0.15) is 0 Å². The molecule has 1 aromatic rings. The molecule has 1 N–H and O–H groups in total. The first-order chi connectivity index (χ1) is 10.0. The smallest absolute Gasteiger partial charge is 0.0594 e. The Morgan fingerprint density at radius 2 is 1.86 bits per heavy atom. The van der Waals surface area contributed by atoms with Gasteiger partial charge in [0.15, 0.2) is 0 Å². The van der Waals surface area contributed by atoms with Crippen LogP contribution in [0.15, 0.2) is 24.3 Å². The van der Waals surface area contributed by atoms with E-state index in [4.69, 9.17) is 16.3 Å². The summed E-state index contributed by atoms with van der Waals surface area (Å²) in [6.07, 6.45) is 1.01. The summed E-state index contributed by atoms with van der Waals surface area (Å²) in [5, 5.41) is 4.47. The van der Waals surface area contributed by atoms with E-state index in [1.165, 1.54) is 5.56 Å². The van der Waals surface area contributed by atoms with Gasteiger partial charge in [-0.3, -0.25) is 4.90 Å². The van der Waals surface area contributed by atoms with Crippen LogP contribution in [-0.2, 0) is 11.2 Å². The van der Waals surface area contributed by atoms with Crippen molar-refractivity contribution >= 4 is 11.6 Å². The lowest BCUT2D eigenvalue weighted by atomic mass is 9.87. The van der Waals surface area contributed by atoms with E-state index in [-0.39, 0.29) is 5.54 Å². The number of rotatable bonds is 6. The average molecular weight is 311 g/mol. The van der Waals surface area contributed by atoms with Crippen LogP contribution in [0.2, 0.25) is 5.02 Å². The van der Waals surface area contributed by atoms with Crippen LogP contribution in [-0.4, -0.2) is 49.3 Å². The van der Waals surface area contributed by atoms with Crippen molar-refractivity contribution in [1.29, 1.82) is 0 Å². The number of hydrogen-bond acceptors (Lipinski definition) is 3. The third-order valence-electron chi connectivity index (χ3n) is 4.48. The molecule has 4 heteroatoms. The Bertz CT molecular complexity index is 427. The van der Waals surface area contributed by atoms with E-state index in [0.29, 0.717) is 6.04 Å². The average Bonchev–Trinajstić information content (AvgIpc) is 2.50. The van der Waals surface area contributed by atoms with Crippen molar-refractivity contribution < 1.29 is 4.74 Å². The van der Waals surface area contributed by atoms with E-state index in [1.54, 1.807) is 0 Å². The van der Waals surface area contributed by atoms with Gasteiger partial charge in [-0.2, -0.15) is 0 Å². The van der Waals surface area contributed by atoms with Crippen LogP contribution in [0, 0.1) is 0 Å². The molecule has 2 rings (SSSR count). The van der Waals surface area contributed by atoms with Gasteiger partial charge >= 0.3 is 0 Å². The minimum Gasteiger partial charge on any atom is -0.379 e. The first-order valence-corrected chi connectivity index (χ1v) is 8.22. The molecule has 1 heterocycles. The molecule has 3 nitrogen and oxygen atoms in total. The second-order valence-corrected chi connectivity index (χ2v) is 6.63. The Kier molecular flexibility index (Phi) is 6.06. The molecule has 118 valence electrons. The van der Waals surface area contributed by atoms with Crippen molar-refractivity contribution in [3.8, 4) is 0 Å². The first kappa shape index (κ1) is 16.8. The number of benzene rings is 1. The van der Waals surface area contributed by atoms with Gasteiger partial charge in [0.05, 0.1) is 13.2 Å². The van der Waals surface area contributed by atoms with Crippen LogP contribution in [0.25, 0.3) is 0 Å². The van der Waals surface area contributed by atoms with Crippen LogP contribution >= 0.6 is 11.6 Å². The number of halogens is 1. The van der Waals surface area contributed by atoms with Gasteiger partial charge in [-0.05, 0) is 44.5 Å². The fourth-order valence-electron chi connectivity index (χ4n) is 3.03. The highest BCUT2D eigenvalue weighted by molar-refractivity contribution is 6.30. The molecule has 0 aliphatic carbocycles. The lowest BCUT2D eigenvalue weighted by Crippen LogP contribution is -2.61. The Hall–Kier alpha value is -0.610. The van der Waals surface area contributed by atoms with Gasteiger partial charge in [0.2, 0.25) is 0 Å². The van der Waals surface area contributed by atoms with Crippen LogP contribution in [0.1, 0.15) is 26.3 Å². The zero-order valence-corrected chi connectivity index (χ0v) is 14.1. The quantitative estimate of drug-likeness (QED) is 0.874. The monoisotopic (exact) mass is 310 g/mol. The molecule has 0 saturated carbocycles. The van der Waals surface area contributed by atoms with Crippen molar-refractivity contribution in [2.45, 2.75) is 38.8 Å². The molecular weight excluding hydrogens is 284 g/mol. The zero-order chi connectivity index (χ0) is 15.3. The predicted octanol–water partition coefficient (Wildman–Crippen LogP) is 2.97. The highest BCUT2D eigenvalue weighted by Crippen LogP contribution is 2.24. The van der Waals surface area contributed by atoms with Crippen molar-refractivity contribution in [3.63, 3.8) is 0 Å². The standard InChI is InChI=1S/C17H27ClN2O/c1-4-19-16(13-14-5-7-15(18)8-6-14)17(2,3)20-9-11-21-12-10-20/h5-8,16,19H,4,9-13H2,1-3H3. The fourth-order valence-corrected chi connectivity index (χ4v) is 3.16. The lowest BCUT2D eigenvalue weighted by molar-refractivity contribution is -0.0230. The van der Waals surface area contributed by atoms with Crippen molar-refractivity contribution in [1.82, 2.24) is 10.2 Å². The number of nitrogens with one attached hydrogen (secondary N) is 1. The molecular formula is C17H27ClN2O. The Balaban J connectivity index is 2.10. The Morgan fingerprint density at radius 3 is 2.43 bits per heavy atom. The van der Waals surface area contributed by atoms with E-state index in [9.17, 15) is 0 Å². The SMILES string of the molecule is CCNC(Cc1ccc(Cl)cc1)C(C)(C)N1CCOCC1. The van der Waals surface area contributed by atoms with E-state index >= 15 is 0 Å². The van der Waals surface area contributed by atoms with Crippen LogP contribution < -0.4 is 5.32 Å². The molecule has 1 unspecified atom stereocenters. The molecule has 0 spiro atoms. The maximum absolute atomic E-state index is 5.98. The van der Waals surface area contributed by atoms with Gasteiger partial charge < -0.3 is 10.1 Å². The summed E-state index contributed by atoms with van der Waals surface area (Å²) >= 11 is 5.98. The molecule has 1 atom stereocenters. The maximum atomic E-state index is 5.98. The highest BCUT2D eigenvalue weighted by Gasteiger charge is 2.35. The second-order valence-electron chi connectivity index (χ2n) is 6.19. The molecule has 1 fully saturated rings. The number of hydrogen-bond donors (Lipinski definition) is 1. The summed E-state index contributed by atoms with van der Waals surface area (Å²) in [7, 11) is 0. The number of nitrogens with zero attached hydrogens (tertiary/aromatic N) is 1. The minimum atomic E-state index is 0.0967. The molecule has 0 aromatic heterocycles. The second kappa shape index (κ2) is 7.59. The van der Waals surface area contributed by atoms with Crippen molar-refractivity contribution in [2.75, 3.05) is 32.8 Å². The molecule has 1 aliphatic heterocycles. The summed E-state index contributed by atoms with van der Waals surface area (Å²) < 4.78 is 5.49. The molecule has 21 heavy (non-hydrogen) atoms. The summed E-state index contributed by atoms with van der Waals surface area (Å²) in [5.41, 5.74) is 1.42. The van der Waals surface area contributed by atoms with E-state index in [1.807, 2.05) is 12.1 Å². The minimum absolute atomic E-state index is 0.0967. The summed E-state index contributed by atoms with van der Waals surface area (Å²) in [6.45, 7) is 11.5. The van der Waals surface area contributed by atoms with E-state index in [2.05, 4.69) is 43.1 Å². The fraction of sp³-hybridized carbons (Fsp3) is 0.647. The molecule has 0 bridgehead atoms. The summed E-state index contributed by atoms with van der Waals surface area (Å²) in [4.78, 5) is 2.54. The van der Waals surface area contributed by atoms with Gasteiger partial charge in [-0.1, -0.05) is 30.7 Å².